The Morgan fingerprint density at radius 3 is 3.00 bits per heavy atom. The molecule has 1 fully saturated rings. The zero-order valence-corrected chi connectivity index (χ0v) is 12.5. The number of rotatable bonds is 7. The SMILES string of the molecule is COCCC1(CNCC2CNCc3ccccc32)CC1. The van der Waals surface area contributed by atoms with Crippen molar-refractivity contribution in [2.24, 2.45) is 5.41 Å². The molecule has 0 spiro atoms. The van der Waals surface area contributed by atoms with Crippen molar-refractivity contribution in [2.75, 3.05) is 33.4 Å². The molecule has 2 aliphatic rings. The smallest absolute Gasteiger partial charge is 0.0468 e. The molecule has 0 saturated heterocycles. The van der Waals surface area contributed by atoms with Crippen molar-refractivity contribution in [1.29, 1.82) is 0 Å². The highest BCUT2D eigenvalue weighted by atomic mass is 16.5. The van der Waals surface area contributed by atoms with Crippen LogP contribution in [0.15, 0.2) is 24.3 Å². The van der Waals surface area contributed by atoms with Crippen molar-refractivity contribution in [3.63, 3.8) is 0 Å². The van der Waals surface area contributed by atoms with Gasteiger partial charge in [0.05, 0.1) is 0 Å². The highest BCUT2D eigenvalue weighted by Crippen LogP contribution is 2.48. The fourth-order valence-corrected chi connectivity index (χ4v) is 3.29. The fourth-order valence-electron chi connectivity index (χ4n) is 3.29. The van der Waals surface area contributed by atoms with Crippen molar-refractivity contribution >= 4 is 0 Å². The molecule has 1 aliphatic heterocycles. The molecule has 3 heteroatoms. The molecule has 1 heterocycles. The van der Waals surface area contributed by atoms with Gasteiger partial charge in [0.15, 0.2) is 0 Å². The third-order valence-corrected chi connectivity index (χ3v) is 4.89. The van der Waals surface area contributed by atoms with Crippen LogP contribution in [0.3, 0.4) is 0 Å². The maximum absolute atomic E-state index is 5.22. The van der Waals surface area contributed by atoms with Crippen LogP contribution in [-0.2, 0) is 11.3 Å². The van der Waals surface area contributed by atoms with Gasteiger partial charge in [0, 0.05) is 45.8 Å². The summed E-state index contributed by atoms with van der Waals surface area (Å²) >= 11 is 0. The van der Waals surface area contributed by atoms with Crippen LogP contribution in [0.4, 0.5) is 0 Å². The maximum Gasteiger partial charge on any atom is 0.0468 e. The van der Waals surface area contributed by atoms with Crippen molar-refractivity contribution in [2.45, 2.75) is 31.7 Å². The van der Waals surface area contributed by atoms with E-state index in [0.29, 0.717) is 11.3 Å². The number of fused-ring (bicyclic) bond motifs is 1. The Hall–Kier alpha value is -0.900. The van der Waals surface area contributed by atoms with Crippen LogP contribution in [-0.4, -0.2) is 33.4 Å². The standard InChI is InChI=1S/C17H26N2O/c1-20-9-8-17(6-7-17)13-19-12-15-11-18-10-14-4-2-3-5-16(14)15/h2-5,15,18-19H,6-13H2,1H3. The Bertz CT molecular complexity index is 442. The van der Waals surface area contributed by atoms with E-state index in [9.17, 15) is 0 Å². The summed E-state index contributed by atoms with van der Waals surface area (Å²) in [5, 5.41) is 7.24. The van der Waals surface area contributed by atoms with E-state index in [4.69, 9.17) is 4.74 Å². The molecular weight excluding hydrogens is 248 g/mol. The summed E-state index contributed by atoms with van der Waals surface area (Å²) in [4.78, 5) is 0. The van der Waals surface area contributed by atoms with Crippen LogP contribution in [0.2, 0.25) is 0 Å². The quantitative estimate of drug-likeness (QED) is 0.800. The first-order chi connectivity index (χ1) is 9.83. The van der Waals surface area contributed by atoms with Crippen molar-refractivity contribution < 1.29 is 4.74 Å². The molecule has 0 bridgehead atoms. The van der Waals surface area contributed by atoms with Crippen LogP contribution in [0, 0.1) is 5.41 Å². The summed E-state index contributed by atoms with van der Waals surface area (Å²) in [7, 11) is 1.80. The minimum absolute atomic E-state index is 0.539. The number of methoxy groups -OCH3 is 1. The van der Waals surface area contributed by atoms with Gasteiger partial charge in [0.25, 0.3) is 0 Å². The van der Waals surface area contributed by atoms with E-state index in [2.05, 4.69) is 34.9 Å². The lowest BCUT2D eigenvalue weighted by Gasteiger charge is -2.27. The van der Waals surface area contributed by atoms with Gasteiger partial charge in [-0.3, -0.25) is 0 Å². The number of benzene rings is 1. The summed E-state index contributed by atoms with van der Waals surface area (Å²) in [6, 6.07) is 8.84. The lowest BCUT2D eigenvalue weighted by Crippen LogP contribution is -2.36. The van der Waals surface area contributed by atoms with Gasteiger partial charge in [-0.2, -0.15) is 0 Å². The number of ether oxygens (including phenoxy) is 1. The number of hydrogen-bond acceptors (Lipinski definition) is 3. The molecule has 1 atom stereocenters. The van der Waals surface area contributed by atoms with Gasteiger partial charge >= 0.3 is 0 Å². The third kappa shape index (κ3) is 3.22. The fraction of sp³-hybridized carbons (Fsp3) is 0.647. The minimum Gasteiger partial charge on any atom is -0.385 e. The molecule has 3 rings (SSSR count). The zero-order valence-electron chi connectivity index (χ0n) is 12.5. The molecule has 1 saturated carbocycles. The molecule has 1 unspecified atom stereocenters. The second kappa shape index (κ2) is 6.25. The second-order valence-corrected chi connectivity index (χ2v) is 6.40. The summed E-state index contributed by atoms with van der Waals surface area (Å²) < 4.78 is 5.22. The lowest BCUT2D eigenvalue weighted by atomic mass is 9.90. The van der Waals surface area contributed by atoms with Gasteiger partial charge in [0.1, 0.15) is 0 Å². The normalized spacial score (nSPS) is 23.4. The van der Waals surface area contributed by atoms with Crippen LogP contribution in [0.1, 0.15) is 36.3 Å². The summed E-state index contributed by atoms with van der Waals surface area (Å²) in [6.45, 7) is 5.24. The first-order valence-corrected chi connectivity index (χ1v) is 7.81. The second-order valence-electron chi connectivity index (χ2n) is 6.40. The van der Waals surface area contributed by atoms with Gasteiger partial charge in [-0.25, -0.2) is 0 Å². The van der Waals surface area contributed by atoms with E-state index >= 15 is 0 Å². The Morgan fingerprint density at radius 1 is 1.35 bits per heavy atom. The van der Waals surface area contributed by atoms with Gasteiger partial charge < -0.3 is 15.4 Å². The summed E-state index contributed by atoms with van der Waals surface area (Å²) in [5.74, 6) is 0.609. The molecule has 3 nitrogen and oxygen atoms in total. The van der Waals surface area contributed by atoms with Gasteiger partial charge in [-0.1, -0.05) is 24.3 Å². The molecule has 0 amide bonds. The molecule has 1 aromatic carbocycles. The van der Waals surface area contributed by atoms with Gasteiger partial charge in [-0.15, -0.1) is 0 Å². The molecule has 20 heavy (non-hydrogen) atoms. The first-order valence-electron chi connectivity index (χ1n) is 7.81. The zero-order chi connectivity index (χ0) is 13.8. The van der Waals surface area contributed by atoms with Crippen LogP contribution in [0.25, 0.3) is 0 Å². The monoisotopic (exact) mass is 274 g/mol. The molecule has 1 aromatic rings. The van der Waals surface area contributed by atoms with Crippen molar-refractivity contribution in [3.8, 4) is 0 Å². The Labute approximate surface area is 122 Å². The molecule has 110 valence electrons. The van der Waals surface area contributed by atoms with E-state index in [1.54, 1.807) is 7.11 Å². The van der Waals surface area contributed by atoms with E-state index in [1.165, 1.54) is 30.4 Å². The van der Waals surface area contributed by atoms with Crippen LogP contribution < -0.4 is 10.6 Å². The highest BCUT2D eigenvalue weighted by Gasteiger charge is 2.41. The van der Waals surface area contributed by atoms with Crippen molar-refractivity contribution in [1.82, 2.24) is 10.6 Å². The highest BCUT2D eigenvalue weighted by molar-refractivity contribution is 5.32. The molecule has 0 radical (unpaired) electrons. The minimum atomic E-state index is 0.539. The average Bonchev–Trinajstić information content (AvgIpc) is 3.26. The molecule has 1 aliphatic carbocycles. The predicted octanol–water partition coefficient (Wildman–Crippen LogP) is 2.28. The van der Waals surface area contributed by atoms with Gasteiger partial charge in [0.2, 0.25) is 0 Å². The van der Waals surface area contributed by atoms with Crippen LogP contribution in [0.5, 0.6) is 0 Å². The molecular formula is C17H26N2O. The average molecular weight is 274 g/mol. The summed E-state index contributed by atoms with van der Waals surface area (Å²) in [5.41, 5.74) is 3.53. The Kier molecular flexibility index (Phi) is 4.39. The Morgan fingerprint density at radius 2 is 2.20 bits per heavy atom. The van der Waals surface area contributed by atoms with E-state index in [-0.39, 0.29) is 0 Å². The molecule has 0 aromatic heterocycles. The predicted molar refractivity (Wildman–Crippen MR) is 81.9 cm³/mol. The van der Waals surface area contributed by atoms with E-state index < -0.39 is 0 Å². The van der Waals surface area contributed by atoms with Crippen molar-refractivity contribution in [3.05, 3.63) is 35.4 Å². The van der Waals surface area contributed by atoms with Gasteiger partial charge in [-0.05, 0) is 35.8 Å². The number of hydrogen-bond donors (Lipinski definition) is 2. The number of nitrogens with one attached hydrogen (secondary N) is 2. The molecule has 2 N–H and O–H groups in total. The summed E-state index contributed by atoms with van der Waals surface area (Å²) in [6.07, 6.45) is 3.93. The third-order valence-electron chi connectivity index (χ3n) is 4.89. The van der Waals surface area contributed by atoms with E-state index in [0.717, 1.165) is 32.8 Å². The topological polar surface area (TPSA) is 33.3 Å². The lowest BCUT2D eigenvalue weighted by molar-refractivity contribution is 0.171. The first kappa shape index (κ1) is 14.1. The largest absolute Gasteiger partial charge is 0.385 e. The maximum atomic E-state index is 5.22. The Balaban J connectivity index is 1.50. The van der Waals surface area contributed by atoms with E-state index in [1.807, 2.05) is 0 Å². The van der Waals surface area contributed by atoms with Crippen LogP contribution >= 0.6 is 0 Å².